The Morgan fingerprint density at radius 3 is 2.75 bits per heavy atom. The Labute approximate surface area is 141 Å². The van der Waals surface area contributed by atoms with Crippen LogP contribution in [-0.2, 0) is 12.8 Å². The van der Waals surface area contributed by atoms with E-state index in [-0.39, 0.29) is 17.8 Å². The third-order valence-electron chi connectivity index (χ3n) is 5.28. The summed E-state index contributed by atoms with van der Waals surface area (Å²) in [7, 11) is 0. The Bertz CT molecular complexity index is 738. The summed E-state index contributed by atoms with van der Waals surface area (Å²) >= 11 is 0. The van der Waals surface area contributed by atoms with Crippen molar-refractivity contribution >= 4 is 5.91 Å². The van der Waals surface area contributed by atoms with E-state index in [1.54, 1.807) is 12.1 Å². The Hall–Kier alpha value is -2.17. The fraction of sp³-hybridized carbons (Fsp3) is 0.474. The molecule has 2 heterocycles. The van der Waals surface area contributed by atoms with Crippen LogP contribution >= 0.6 is 0 Å². The van der Waals surface area contributed by atoms with Crippen LogP contribution in [0, 0.1) is 5.82 Å². The SMILES string of the molecule is O=C(c1n[nH]c2c1CCCC2)N1CCCC[C@H]1c1ccc(F)cc1. The number of amides is 1. The Kier molecular flexibility index (Phi) is 4.08. The number of carbonyl (C=O) groups excluding carboxylic acids is 1. The quantitative estimate of drug-likeness (QED) is 0.912. The first-order valence-electron chi connectivity index (χ1n) is 8.86. The summed E-state index contributed by atoms with van der Waals surface area (Å²) < 4.78 is 13.2. The number of H-pyrrole nitrogens is 1. The molecule has 1 saturated heterocycles. The van der Waals surface area contributed by atoms with Gasteiger partial charge in [0.15, 0.2) is 5.69 Å². The number of piperidine rings is 1. The molecule has 1 fully saturated rings. The lowest BCUT2D eigenvalue weighted by Crippen LogP contribution is -2.39. The minimum atomic E-state index is -0.242. The zero-order chi connectivity index (χ0) is 16.5. The molecule has 1 amide bonds. The first kappa shape index (κ1) is 15.4. The number of carbonyl (C=O) groups is 1. The largest absolute Gasteiger partial charge is 0.330 e. The van der Waals surface area contributed by atoms with Gasteiger partial charge in [0, 0.05) is 17.8 Å². The fourth-order valence-corrected chi connectivity index (χ4v) is 4.00. The summed E-state index contributed by atoms with van der Waals surface area (Å²) in [5.74, 6) is -0.225. The Balaban J connectivity index is 1.64. The number of aromatic nitrogens is 2. The molecule has 2 aromatic rings. The van der Waals surface area contributed by atoms with Crippen LogP contribution in [0.2, 0.25) is 0 Å². The molecule has 0 bridgehead atoms. The van der Waals surface area contributed by atoms with Gasteiger partial charge in [0.1, 0.15) is 5.82 Å². The molecular formula is C19H22FN3O. The van der Waals surface area contributed by atoms with Gasteiger partial charge in [-0.2, -0.15) is 5.10 Å². The standard InChI is InChI=1S/C19H22FN3O/c20-14-10-8-13(9-11-14)17-7-3-4-12-23(17)19(24)18-15-5-1-2-6-16(15)21-22-18/h8-11,17H,1-7,12H2,(H,21,22)/t17-/m0/s1. The monoisotopic (exact) mass is 327 g/mol. The van der Waals surface area contributed by atoms with Crippen LogP contribution in [0.5, 0.6) is 0 Å². The van der Waals surface area contributed by atoms with Gasteiger partial charge in [-0.15, -0.1) is 0 Å². The molecule has 4 nitrogen and oxygen atoms in total. The van der Waals surface area contributed by atoms with Crippen molar-refractivity contribution in [2.24, 2.45) is 0 Å². The average Bonchev–Trinajstić information content (AvgIpc) is 3.06. The maximum Gasteiger partial charge on any atom is 0.275 e. The maximum absolute atomic E-state index is 13.2. The Morgan fingerprint density at radius 2 is 1.92 bits per heavy atom. The molecule has 1 N–H and O–H groups in total. The van der Waals surface area contributed by atoms with Crippen molar-refractivity contribution < 1.29 is 9.18 Å². The van der Waals surface area contributed by atoms with Crippen LogP contribution in [0.25, 0.3) is 0 Å². The minimum Gasteiger partial charge on any atom is -0.330 e. The highest BCUT2D eigenvalue weighted by Crippen LogP contribution is 2.33. The molecule has 1 aromatic heterocycles. The summed E-state index contributed by atoms with van der Waals surface area (Å²) in [6.07, 6.45) is 7.21. The number of likely N-dealkylation sites (tertiary alicyclic amines) is 1. The second-order valence-corrected chi connectivity index (χ2v) is 6.80. The van der Waals surface area contributed by atoms with Crippen molar-refractivity contribution in [1.82, 2.24) is 15.1 Å². The highest BCUT2D eigenvalue weighted by Gasteiger charge is 2.32. The number of benzene rings is 1. The van der Waals surface area contributed by atoms with Gasteiger partial charge in [-0.3, -0.25) is 9.89 Å². The third kappa shape index (κ3) is 2.72. The summed E-state index contributed by atoms with van der Waals surface area (Å²) in [6, 6.07) is 6.56. The highest BCUT2D eigenvalue weighted by molar-refractivity contribution is 5.94. The number of halogens is 1. The van der Waals surface area contributed by atoms with Gasteiger partial charge in [0.2, 0.25) is 0 Å². The van der Waals surface area contributed by atoms with Gasteiger partial charge in [-0.1, -0.05) is 12.1 Å². The molecule has 1 aromatic carbocycles. The van der Waals surface area contributed by atoms with E-state index in [0.29, 0.717) is 5.69 Å². The summed E-state index contributed by atoms with van der Waals surface area (Å²) in [5, 5.41) is 7.40. The van der Waals surface area contributed by atoms with Crippen LogP contribution in [0.3, 0.4) is 0 Å². The van der Waals surface area contributed by atoms with Crippen LogP contribution in [0.1, 0.15) is 65.5 Å². The van der Waals surface area contributed by atoms with E-state index in [9.17, 15) is 9.18 Å². The number of nitrogens with one attached hydrogen (secondary N) is 1. The first-order chi connectivity index (χ1) is 11.7. The zero-order valence-corrected chi connectivity index (χ0v) is 13.7. The van der Waals surface area contributed by atoms with E-state index in [2.05, 4.69) is 10.2 Å². The van der Waals surface area contributed by atoms with E-state index in [1.807, 2.05) is 4.90 Å². The number of hydrogen-bond donors (Lipinski definition) is 1. The van der Waals surface area contributed by atoms with Crippen LogP contribution in [0.4, 0.5) is 4.39 Å². The summed E-state index contributed by atoms with van der Waals surface area (Å²) in [4.78, 5) is 15.1. The van der Waals surface area contributed by atoms with Crippen molar-refractivity contribution in [1.29, 1.82) is 0 Å². The topological polar surface area (TPSA) is 49.0 Å². The van der Waals surface area contributed by atoms with Crippen LogP contribution < -0.4 is 0 Å². The van der Waals surface area contributed by atoms with E-state index in [4.69, 9.17) is 0 Å². The smallest absolute Gasteiger partial charge is 0.275 e. The molecule has 0 radical (unpaired) electrons. The van der Waals surface area contributed by atoms with Gasteiger partial charge in [-0.25, -0.2) is 4.39 Å². The molecule has 0 saturated carbocycles. The average molecular weight is 327 g/mol. The van der Waals surface area contributed by atoms with Gasteiger partial charge in [0.25, 0.3) is 5.91 Å². The van der Waals surface area contributed by atoms with Gasteiger partial charge in [0.05, 0.1) is 6.04 Å². The second kappa shape index (κ2) is 6.38. The molecule has 126 valence electrons. The molecule has 1 aliphatic carbocycles. The molecule has 5 heteroatoms. The lowest BCUT2D eigenvalue weighted by Gasteiger charge is -2.36. The highest BCUT2D eigenvalue weighted by atomic mass is 19.1. The van der Waals surface area contributed by atoms with Crippen molar-refractivity contribution in [3.63, 3.8) is 0 Å². The van der Waals surface area contributed by atoms with E-state index in [1.165, 1.54) is 12.1 Å². The third-order valence-corrected chi connectivity index (χ3v) is 5.28. The molecule has 24 heavy (non-hydrogen) atoms. The van der Waals surface area contributed by atoms with Crippen LogP contribution in [0.15, 0.2) is 24.3 Å². The van der Waals surface area contributed by atoms with Gasteiger partial charge < -0.3 is 4.90 Å². The molecule has 1 aliphatic heterocycles. The predicted octanol–water partition coefficient (Wildman–Crippen LogP) is 3.80. The lowest BCUT2D eigenvalue weighted by atomic mass is 9.92. The van der Waals surface area contributed by atoms with Crippen molar-refractivity contribution in [2.75, 3.05) is 6.54 Å². The summed E-state index contributed by atoms with van der Waals surface area (Å²) in [6.45, 7) is 0.739. The lowest BCUT2D eigenvalue weighted by molar-refractivity contribution is 0.0604. The van der Waals surface area contributed by atoms with Gasteiger partial charge >= 0.3 is 0 Å². The van der Waals surface area contributed by atoms with Crippen molar-refractivity contribution in [2.45, 2.75) is 51.0 Å². The summed E-state index contributed by atoms with van der Waals surface area (Å²) in [5.41, 5.74) is 3.84. The number of nitrogens with zero attached hydrogens (tertiary/aromatic N) is 2. The molecule has 4 rings (SSSR count). The van der Waals surface area contributed by atoms with Crippen molar-refractivity contribution in [3.05, 3.63) is 52.6 Å². The number of rotatable bonds is 2. The molecule has 0 spiro atoms. The number of hydrogen-bond acceptors (Lipinski definition) is 2. The maximum atomic E-state index is 13.2. The van der Waals surface area contributed by atoms with E-state index >= 15 is 0 Å². The van der Waals surface area contributed by atoms with E-state index < -0.39 is 0 Å². The number of aromatic amines is 1. The molecule has 0 unspecified atom stereocenters. The van der Waals surface area contributed by atoms with Gasteiger partial charge in [-0.05, 0) is 62.6 Å². The predicted molar refractivity (Wildman–Crippen MR) is 89.3 cm³/mol. The molecule has 1 atom stereocenters. The van der Waals surface area contributed by atoms with Crippen molar-refractivity contribution in [3.8, 4) is 0 Å². The van der Waals surface area contributed by atoms with E-state index in [0.717, 1.165) is 68.3 Å². The Morgan fingerprint density at radius 1 is 1.12 bits per heavy atom. The minimum absolute atomic E-state index is 0.0165. The second-order valence-electron chi connectivity index (χ2n) is 6.80. The first-order valence-corrected chi connectivity index (χ1v) is 8.86. The normalized spacial score (nSPS) is 20.7. The molecular weight excluding hydrogens is 305 g/mol. The molecule has 2 aliphatic rings. The number of aryl methyl sites for hydroxylation is 1. The zero-order valence-electron chi connectivity index (χ0n) is 13.7. The fourth-order valence-electron chi connectivity index (χ4n) is 4.00. The van der Waals surface area contributed by atoms with Crippen LogP contribution in [-0.4, -0.2) is 27.5 Å². The number of fused-ring (bicyclic) bond motifs is 1.